The number of benzene rings is 1. The summed E-state index contributed by atoms with van der Waals surface area (Å²) in [6.45, 7) is 7.58. The number of nitrogens with one attached hydrogen (secondary N) is 1. The molecule has 1 aliphatic rings. The molecule has 0 bridgehead atoms. The van der Waals surface area contributed by atoms with Gasteiger partial charge in [-0.2, -0.15) is 0 Å². The zero-order valence-corrected chi connectivity index (χ0v) is 11.9. The summed E-state index contributed by atoms with van der Waals surface area (Å²) in [5.41, 5.74) is 7.94. The molecule has 0 aliphatic carbocycles. The monoisotopic (exact) mass is 264 g/mol. The van der Waals surface area contributed by atoms with Crippen molar-refractivity contribution in [1.82, 2.24) is 0 Å². The second-order valence-electron chi connectivity index (χ2n) is 5.50. The summed E-state index contributed by atoms with van der Waals surface area (Å²) in [5.74, 6) is 0.821. The molecule has 1 heterocycles. The van der Waals surface area contributed by atoms with Crippen LogP contribution in [0.3, 0.4) is 0 Å². The van der Waals surface area contributed by atoms with Crippen LogP contribution >= 0.6 is 0 Å². The van der Waals surface area contributed by atoms with Crippen molar-refractivity contribution >= 4 is 11.4 Å². The van der Waals surface area contributed by atoms with E-state index in [9.17, 15) is 0 Å². The lowest BCUT2D eigenvalue weighted by molar-refractivity contribution is 0.0300. The van der Waals surface area contributed by atoms with Crippen LogP contribution in [0.4, 0.5) is 11.4 Å². The number of anilines is 2. The molecule has 0 aromatic heterocycles. The highest BCUT2D eigenvalue weighted by Gasteiger charge is 2.26. The Morgan fingerprint density at radius 2 is 2.05 bits per heavy atom. The first-order valence-corrected chi connectivity index (χ1v) is 6.96. The molecule has 0 saturated carbocycles. The summed E-state index contributed by atoms with van der Waals surface area (Å²) >= 11 is 0. The minimum absolute atomic E-state index is 0.300. The number of hydrogen-bond acceptors (Lipinski definition) is 4. The molecule has 3 N–H and O–H groups in total. The standard InChI is InChI=1S/C15H24N2O2/c1-3-19-14-9-12(16)8-13(10-14)17-11-15(2)4-6-18-7-5-15/h8-10,17H,3-7,11,16H2,1-2H3. The second kappa shape index (κ2) is 6.15. The average molecular weight is 264 g/mol. The van der Waals surface area contributed by atoms with Gasteiger partial charge in [-0.3, -0.25) is 0 Å². The van der Waals surface area contributed by atoms with E-state index in [0.29, 0.717) is 12.0 Å². The molecule has 1 aliphatic heterocycles. The van der Waals surface area contributed by atoms with Gasteiger partial charge < -0.3 is 20.5 Å². The van der Waals surface area contributed by atoms with Gasteiger partial charge in [0.05, 0.1) is 6.61 Å². The molecule has 1 fully saturated rings. The SMILES string of the molecule is CCOc1cc(N)cc(NCC2(C)CCOCC2)c1. The third-order valence-electron chi connectivity index (χ3n) is 3.66. The first-order valence-electron chi connectivity index (χ1n) is 6.96. The van der Waals surface area contributed by atoms with Crippen molar-refractivity contribution in [3.63, 3.8) is 0 Å². The smallest absolute Gasteiger partial charge is 0.123 e. The fourth-order valence-corrected chi connectivity index (χ4v) is 2.33. The van der Waals surface area contributed by atoms with Crippen molar-refractivity contribution in [2.45, 2.75) is 26.7 Å². The topological polar surface area (TPSA) is 56.5 Å². The summed E-state index contributed by atoms with van der Waals surface area (Å²) in [4.78, 5) is 0. The van der Waals surface area contributed by atoms with E-state index in [2.05, 4.69) is 12.2 Å². The van der Waals surface area contributed by atoms with E-state index in [0.717, 1.165) is 49.7 Å². The maximum absolute atomic E-state index is 5.89. The number of ether oxygens (including phenoxy) is 2. The molecule has 4 heteroatoms. The minimum atomic E-state index is 0.300. The van der Waals surface area contributed by atoms with E-state index in [4.69, 9.17) is 15.2 Å². The summed E-state index contributed by atoms with van der Waals surface area (Å²) in [5, 5.41) is 3.48. The first kappa shape index (κ1) is 14.0. The fourth-order valence-electron chi connectivity index (χ4n) is 2.33. The van der Waals surface area contributed by atoms with Gasteiger partial charge in [-0.1, -0.05) is 6.92 Å². The molecule has 4 nitrogen and oxygen atoms in total. The zero-order valence-electron chi connectivity index (χ0n) is 11.9. The van der Waals surface area contributed by atoms with Crippen LogP contribution in [0, 0.1) is 5.41 Å². The van der Waals surface area contributed by atoms with Gasteiger partial charge in [0, 0.05) is 43.3 Å². The molecule has 0 unspecified atom stereocenters. The van der Waals surface area contributed by atoms with Gasteiger partial charge in [0.25, 0.3) is 0 Å². The van der Waals surface area contributed by atoms with Crippen LogP contribution in [0.2, 0.25) is 0 Å². The van der Waals surface area contributed by atoms with Crippen LogP contribution in [-0.4, -0.2) is 26.4 Å². The van der Waals surface area contributed by atoms with Crippen molar-refractivity contribution in [3.8, 4) is 5.75 Å². The van der Waals surface area contributed by atoms with E-state index in [1.165, 1.54) is 0 Å². The van der Waals surface area contributed by atoms with Crippen molar-refractivity contribution in [3.05, 3.63) is 18.2 Å². The Kier molecular flexibility index (Phi) is 4.53. The van der Waals surface area contributed by atoms with E-state index >= 15 is 0 Å². The Morgan fingerprint density at radius 1 is 1.32 bits per heavy atom. The Morgan fingerprint density at radius 3 is 2.74 bits per heavy atom. The molecule has 0 atom stereocenters. The zero-order chi connectivity index (χ0) is 13.7. The summed E-state index contributed by atoms with van der Waals surface area (Å²) < 4.78 is 10.9. The number of nitrogens with two attached hydrogens (primary N) is 1. The maximum Gasteiger partial charge on any atom is 0.123 e. The van der Waals surface area contributed by atoms with Gasteiger partial charge in [-0.25, -0.2) is 0 Å². The number of rotatable bonds is 5. The van der Waals surface area contributed by atoms with E-state index in [1.54, 1.807) is 0 Å². The van der Waals surface area contributed by atoms with Crippen LogP contribution < -0.4 is 15.8 Å². The molecular weight excluding hydrogens is 240 g/mol. The molecule has 0 amide bonds. The quantitative estimate of drug-likeness (QED) is 0.803. The van der Waals surface area contributed by atoms with E-state index < -0.39 is 0 Å². The van der Waals surface area contributed by atoms with Crippen molar-refractivity contribution in [2.24, 2.45) is 5.41 Å². The summed E-state index contributed by atoms with van der Waals surface area (Å²) in [7, 11) is 0. The third-order valence-corrected chi connectivity index (χ3v) is 3.66. The van der Waals surface area contributed by atoms with Gasteiger partial charge in [-0.15, -0.1) is 0 Å². The Hall–Kier alpha value is -1.42. The van der Waals surface area contributed by atoms with Crippen LogP contribution in [0.25, 0.3) is 0 Å². The molecule has 1 saturated heterocycles. The van der Waals surface area contributed by atoms with Crippen molar-refractivity contribution in [2.75, 3.05) is 37.4 Å². The van der Waals surface area contributed by atoms with Gasteiger partial charge in [0.2, 0.25) is 0 Å². The summed E-state index contributed by atoms with van der Waals surface area (Å²) in [6.07, 6.45) is 2.20. The second-order valence-corrected chi connectivity index (χ2v) is 5.50. The highest BCUT2D eigenvalue weighted by Crippen LogP contribution is 2.31. The van der Waals surface area contributed by atoms with Gasteiger partial charge in [0.15, 0.2) is 0 Å². The average Bonchev–Trinajstić information content (AvgIpc) is 2.37. The van der Waals surface area contributed by atoms with Crippen molar-refractivity contribution in [1.29, 1.82) is 0 Å². The maximum atomic E-state index is 5.89. The lowest BCUT2D eigenvalue weighted by Crippen LogP contribution is -2.33. The predicted octanol–water partition coefficient (Wildman–Crippen LogP) is 2.90. The van der Waals surface area contributed by atoms with Crippen LogP contribution in [-0.2, 0) is 4.74 Å². The number of nitrogen functional groups attached to an aromatic ring is 1. The highest BCUT2D eigenvalue weighted by molar-refractivity contribution is 5.59. The van der Waals surface area contributed by atoms with Crippen LogP contribution in [0.1, 0.15) is 26.7 Å². The van der Waals surface area contributed by atoms with E-state index in [1.807, 2.05) is 25.1 Å². The van der Waals surface area contributed by atoms with Gasteiger partial charge >= 0.3 is 0 Å². The molecule has 1 aromatic carbocycles. The van der Waals surface area contributed by atoms with Crippen LogP contribution in [0.5, 0.6) is 5.75 Å². The third kappa shape index (κ3) is 4.03. The Bertz CT molecular complexity index is 415. The lowest BCUT2D eigenvalue weighted by atomic mass is 9.82. The predicted molar refractivity (Wildman–Crippen MR) is 78.7 cm³/mol. The van der Waals surface area contributed by atoms with Crippen molar-refractivity contribution < 1.29 is 9.47 Å². The normalized spacial score (nSPS) is 18.0. The first-order chi connectivity index (χ1) is 9.11. The van der Waals surface area contributed by atoms with E-state index in [-0.39, 0.29) is 0 Å². The fraction of sp³-hybridized carbons (Fsp3) is 0.600. The van der Waals surface area contributed by atoms with Crippen LogP contribution in [0.15, 0.2) is 18.2 Å². The minimum Gasteiger partial charge on any atom is -0.494 e. The molecular formula is C15H24N2O2. The highest BCUT2D eigenvalue weighted by atomic mass is 16.5. The Labute approximate surface area is 115 Å². The summed E-state index contributed by atoms with van der Waals surface area (Å²) in [6, 6.07) is 5.80. The van der Waals surface area contributed by atoms with Gasteiger partial charge in [-0.05, 0) is 31.2 Å². The Balaban J connectivity index is 1.98. The van der Waals surface area contributed by atoms with Gasteiger partial charge in [0.1, 0.15) is 5.75 Å². The lowest BCUT2D eigenvalue weighted by Gasteiger charge is -2.34. The molecule has 2 rings (SSSR count). The molecule has 0 spiro atoms. The molecule has 19 heavy (non-hydrogen) atoms. The molecule has 1 aromatic rings. The molecule has 106 valence electrons. The molecule has 0 radical (unpaired) electrons. The largest absolute Gasteiger partial charge is 0.494 e. The number of hydrogen-bond donors (Lipinski definition) is 2.